The van der Waals surface area contributed by atoms with Crippen LogP contribution >= 0.6 is 0 Å². The number of benzene rings is 2. The lowest BCUT2D eigenvalue weighted by molar-refractivity contribution is -0.135. The summed E-state index contributed by atoms with van der Waals surface area (Å²) in [6, 6.07) is 18.3. The van der Waals surface area contributed by atoms with Crippen LogP contribution < -0.4 is 0 Å². The van der Waals surface area contributed by atoms with Gasteiger partial charge < -0.3 is 5.11 Å². The van der Waals surface area contributed by atoms with E-state index in [2.05, 4.69) is 0 Å². The molecule has 0 aliphatic carbocycles. The van der Waals surface area contributed by atoms with Gasteiger partial charge in [0, 0.05) is 12.0 Å². The van der Waals surface area contributed by atoms with Crippen molar-refractivity contribution in [2.45, 2.75) is 12.8 Å². The Morgan fingerprint density at radius 1 is 0.857 bits per heavy atom. The Bertz CT molecular complexity index is 643. The summed E-state index contributed by atoms with van der Waals surface area (Å²) in [6.07, 6.45) is 1.81. The van der Waals surface area contributed by atoms with Crippen LogP contribution in [-0.4, -0.2) is 16.9 Å². The van der Waals surface area contributed by atoms with E-state index in [4.69, 9.17) is 5.11 Å². The zero-order valence-electron chi connectivity index (χ0n) is 11.5. The SMILES string of the molecule is O=C(O)CC(=CCC(=O)c1ccccc1)c1ccccc1. The Labute approximate surface area is 123 Å². The zero-order chi connectivity index (χ0) is 15.1. The Kier molecular flexibility index (Phi) is 5.04. The van der Waals surface area contributed by atoms with E-state index in [0.29, 0.717) is 11.1 Å². The highest BCUT2D eigenvalue weighted by Crippen LogP contribution is 2.19. The highest BCUT2D eigenvalue weighted by atomic mass is 16.4. The van der Waals surface area contributed by atoms with Gasteiger partial charge in [0.1, 0.15) is 0 Å². The van der Waals surface area contributed by atoms with Crippen molar-refractivity contribution in [3.05, 3.63) is 77.9 Å². The first-order valence-electron chi connectivity index (χ1n) is 6.71. The summed E-state index contributed by atoms with van der Waals surface area (Å²) in [4.78, 5) is 23.0. The van der Waals surface area contributed by atoms with Gasteiger partial charge in [0.2, 0.25) is 0 Å². The fraction of sp³-hybridized carbons (Fsp3) is 0.111. The maximum atomic E-state index is 12.1. The number of allylic oxidation sites excluding steroid dienone is 1. The Balaban J connectivity index is 2.17. The minimum Gasteiger partial charge on any atom is -0.481 e. The van der Waals surface area contributed by atoms with E-state index in [1.165, 1.54) is 0 Å². The molecule has 0 saturated heterocycles. The molecule has 106 valence electrons. The van der Waals surface area contributed by atoms with Gasteiger partial charge in [0.05, 0.1) is 6.42 Å². The van der Waals surface area contributed by atoms with Gasteiger partial charge in [0.25, 0.3) is 0 Å². The molecule has 0 aliphatic heterocycles. The Hall–Kier alpha value is -2.68. The highest BCUT2D eigenvalue weighted by molar-refractivity contribution is 5.98. The molecule has 3 heteroatoms. The minimum absolute atomic E-state index is 0.0191. The van der Waals surface area contributed by atoms with Crippen LogP contribution in [0.1, 0.15) is 28.8 Å². The Morgan fingerprint density at radius 2 is 1.38 bits per heavy atom. The number of hydrogen-bond donors (Lipinski definition) is 1. The predicted octanol–water partition coefficient (Wildman–Crippen LogP) is 3.82. The molecule has 0 atom stereocenters. The van der Waals surface area contributed by atoms with Gasteiger partial charge in [-0.15, -0.1) is 0 Å². The van der Waals surface area contributed by atoms with E-state index in [1.807, 2.05) is 48.5 Å². The number of carbonyl (C=O) groups excluding carboxylic acids is 1. The van der Waals surface area contributed by atoms with Gasteiger partial charge in [-0.05, 0) is 11.1 Å². The van der Waals surface area contributed by atoms with Crippen molar-refractivity contribution in [2.24, 2.45) is 0 Å². The van der Waals surface area contributed by atoms with E-state index >= 15 is 0 Å². The summed E-state index contributed by atoms with van der Waals surface area (Å²) in [7, 11) is 0. The lowest BCUT2D eigenvalue weighted by atomic mass is 9.99. The number of hydrogen-bond acceptors (Lipinski definition) is 2. The van der Waals surface area contributed by atoms with Gasteiger partial charge in [0.15, 0.2) is 5.78 Å². The Morgan fingerprint density at radius 3 is 1.90 bits per heavy atom. The molecule has 0 radical (unpaired) electrons. The summed E-state index contributed by atoms with van der Waals surface area (Å²) < 4.78 is 0. The molecule has 1 N–H and O–H groups in total. The molecule has 0 heterocycles. The first-order chi connectivity index (χ1) is 10.2. The molecule has 0 aromatic heterocycles. The third-order valence-electron chi connectivity index (χ3n) is 3.12. The molecule has 0 bridgehead atoms. The van der Waals surface area contributed by atoms with Gasteiger partial charge in [-0.2, -0.15) is 0 Å². The summed E-state index contributed by atoms with van der Waals surface area (Å²) in [5, 5.41) is 9.00. The maximum absolute atomic E-state index is 12.1. The van der Waals surface area contributed by atoms with Gasteiger partial charge in [-0.1, -0.05) is 66.7 Å². The average molecular weight is 280 g/mol. The van der Waals surface area contributed by atoms with Crippen molar-refractivity contribution in [1.29, 1.82) is 0 Å². The predicted molar refractivity (Wildman–Crippen MR) is 82.1 cm³/mol. The second-order valence-corrected chi connectivity index (χ2v) is 4.66. The summed E-state index contributed by atoms with van der Waals surface area (Å²) >= 11 is 0. The molecule has 0 fully saturated rings. The van der Waals surface area contributed by atoms with Crippen LogP contribution in [0.15, 0.2) is 66.7 Å². The van der Waals surface area contributed by atoms with E-state index in [0.717, 1.165) is 5.56 Å². The van der Waals surface area contributed by atoms with E-state index in [-0.39, 0.29) is 18.6 Å². The normalized spacial score (nSPS) is 11.1. The molecule has 0 aliphatic rings. The standard InChI is InChI=1S/C18H16O3/c19-17(15-9-5-2-6-10-15)12-11-16(13-18(20)21)14-7-3-1-4-8-14/h1-11H,12-13H2,(H,20,21). The molecular formula is C18H16O3. The van der Waals surface area contributed by atoms with Crippen LogP contribution in [0.3, 0.4) is 0 Å². The van der Waals surface area contributed by atoms with E-state index in [1.54, 1.807) is 18.2 Å². The number of rotatable bonds is 6. The number of carboxylic acid groups (broad SMARTS) is 1. The molecule has 2 rings (SSSR count). The number of aliphatic carboxylic acids is 1. The van der Waals surface area contributed by atoms with Crippen molar-refractivity contribution in [3.8, 4) is 0 Å². The third kappa shape index (κ3) is 4.42. The van der Waals surface area contributed by atoms with Crippen LogP contribution in [-0.2, 0) is 4.79 Å². The van der Waals surface area contributed by atoms with E-state index in [9.17, 15) is 9.59 Å². The second-order valence-electron chi connectivity index (χ2n) is 4.66. The number of carboxylic acids is 1. The van der Waals surface area contributed by atoms with Crippen molar-refractivity contribution < 1.29 is 14.7 Å². The van der Waals surface area contributed by atoms with Gasteiger partial charge in [-0.25, -0.2) is 0 Å². The topological polar surface area (TPSA) is 54.4 Å². The van der Waals surface area contributed by atoms with Gasteiger partial charge in [-0.3, -0.25) is 9.59 Å². The van der Waals surface area contributed by atoms with Gasteiger partial charge >= 0.3 is 5.97 Å². The third-order valence-corrected chi connectivity index (χ3v) is 3.12. The molecule has 0 amide bonds. The first kappa shape index (κ1) is 14.7. The average Bonchev–Trinajstić information content (AvgIpc) is 2.52. The lowest BCUT2D eigenvalue weighted by Crippen LogP contribution is -2.00. The molecule has 2 aromatic rings. The van der Waals surface area contributed by atoms with Crippen molar-refractivity contribution in [3.63, 3.8) is 0 Å². The fourth-order valence-electron chi connectivity index (χ4n) is 2.07. The molecule has 21 heavy (non-hydrogen) atoms. The monoisotopic (exact) mass is 280 g/mol. The number of carbonyl (C=O) groups is 2. The minimum atomic E-state index is -0.905. The smallest absolute Gasteiger partial charge is 0.307 e. The van der Waals surface area contributed by atoms with Crippen LogP contribution in [0, 0.1) is 0 Å². The van der Waals surface area contributed by atoms with Crippen LogP contribution in [0.2, 0.25) is 0 Å². The van der Waals surface area contributed by atoms with Crippen molar-refractivity contribution >= 4 is 17.3 Å². The molecule has 0 spiro atoms. The number of Topliss-reactive ketones (excluding diaryl/α,β-unsaturated/α-hetero) is 1. The molecule has 3 nitrogen and oxygen atoms in total. The maximum Gasteiger partial charge on any atom is 0.307 e. The second kappa shape index (κ2) is 7.20. The fourth-order valence-corrected chi connectivity index (χ4v) is 2.07. The van der Waals surface area contributed by atoms with Crippen LogP contribution in [0.4, 0.5) is 0 Å². The molecular weight excluding hydrogens is 264 g/mol. The van der Waals surface area contributed by atoms with Crippen molar-refractivity contribution in [2.75, 3.05) is 0 Å². The highest BCUT2D eigenvalue weighted by Gasteiger charge is 2.09. The van der Waals surface area contributed by atoms with Crippen LogP contribution in [0.5, 0.6) is 0 Å². The van der Waals surface area contributed by atoms with E-state index < -0.39 is 5.97 Å². The largest absolute Gasteiger partial charge is 0.481 e. The van der Waals surface area contributed by atoms with Crippen LogP contribution in [0.25, 0.3) is 5.57 Å². The summed E-state index contributed by atoms with van der Waals surface area (Å²) in [6.45, 7) is 0. The molecule has 0 saturated carbocycles. The zero-order valence-corrected chi connectivity index (χ0v) is 11.5. The summed E-state index contributed by atoms with van der Waals surface area (Å²) in [5.74, 6) is -0.924. The quantitative estimate of drug-likeness (QED) is 0.818. The van der Waals surface area contributed by atoms with Crippen molar-refractivity contribution in [1.82, 2.24) is 0 Å². The first-order valence-corrected chi connectivity index (χ1v) is 6.71. The molecule has 0 unspecified atom stereocenters. The summed E-state index contributed by atoms with van der Waals surface area (Å²) in [5.41, 5.74) is 2.13. The lowest BCUT2D eigenvalue weighted by Gasteiger charge is -2.05. The number of ketones is 1. The molecule has 2 aromatic carbocycles.